The highest BCUT2D eigenvalue weighted by Crippen LogP contribution is 2.26. The number of anilines is 1. The molecule has 0 radical (unpaired) electrons. The van der Waals surface area contributed by atoms with E-state index < -0.39 is 11.6 Å². The van der Waals surface area contributed by atoms with Gasteiger partial charge in [-0.2, -0.15) is 0 Å². The highest BCUT2D eigenvalue weighted by molar-refractivity contribution is 5.93. The number of hydrogen-bond acceptors (Lipinski definition) is 3. The molecule has 1 fully saturated rings. The maximum absolute atomic E-state index is 13.7. The largest absolute Gasteiger partial charge is 0.366 e. The van der Waals surface area contributed by atoms with Gasteiger partial charge in [0, 0.05) is 49.6 Å². The topological polar surface area (TPSA) is 36.4 Å². The molecule has 144 valence electrons. The van der Waals surface area contributed by atoms with E-state index in [4.69, 9.17) is 0 Å². The van der Waals surface area contributed by atoms with Crippen LogP contribution in [0.3, 0.4) is 0 Å². The van der Waals surface area contributed by atoms with Crippen LogP contribution in [0, 0.1) is 11.6 Å². The molecule has 1 aliphatic heterocycles. The number of fused-ring (bicyclic) bond motifs is 1. The Morgan fingerprint density at radius 2 is 1.75 bits per heavy atom. The van der Waals surface area contributed by atoms with Crippen LogP contribution in [0.5, 0.6) is 0 Å². The summed E-state index contributed by atoms with van der Waals surface area (Å²) in [5.41, 5.74) is 1.32. The Morgan fingerprint density at radius 1 is 0.964 bits per heavy atom. The van der Waals surface area contributed by atoms with E-state index in [0.717, 1.165) is 35.6 Å². The maximum Gasteiger partial charge on any atom is 0.223 e. The molecular formula is C22H21F2N3O. The Kier molecular flexibility index (Phi) is 5.19. The fourth-order valence-corrected chi connectivity index (χ4v) is 3.69. The molecule has 1 aromatic heterocycles. The molecule has 1 aliphatic rings. The predicted molar refractivity (Wildman–Crippen MR) is 105 cm³/mol. The van der Waals surface area contributed by atoms with E-state index in [1.54, 1.807) is 4.90 Å². The van der Waals surface area contributed by atoms with Gasteiger partial charge in [-0.3, -0.25) is 9.78 Å². The second kappa shape index (κ2) is 7.92. The second-order valence-electron chi connectivity index (χ2n) is 6.96. The van der Waals surface area contributed by atoms with E-state index in [9.17, 15) is 13.6 Å². The van der Waals surface area contributed by atoms with Gasteiger partial charge in [0.1, 0.15) is 0 Å². The number of aromatic nitrogens is 1. The molecule has 0 aliphatic carbocycles. The van der Waals surface area contributed by atoms with E-state index in [2.05, 4.69) is 16.0 Å². The first kappa shape index (κ1) is 18.3. The Hall–Kier alpha value is -3.02. The standard InChI is InChI=1S/C22H21F2N3O/c23-19-7-3-5-16(22(19)24)8-9-21(28)27-12-10-26(11-13-27)20-15-25-14-17-4-1-2-6-18(17)20/h1-7,14-15H,8-13H2. The van der Waals surface area contributed by atoms with E-state index >= 15 is 0 Å². The average Bonchev–Trinajstić information content (AvgIpc) is 2.74. The van der Waals surface area contributed by atoms with Gasteiger partial charge in [0.25, 0.3) is 0 Å². The van der Waals surface area contributed by atoms with E-state index in [0.29, 0.717) is 13.1 Å². The molecule has 0 atom stereocenters. The summed E-state index contributed by atoms with van der Waals surface area (Å²) in [5, 5.41) is 2.24. The average molecular weight is 381 g/mol. The van der Waals surface area contributed by atoms with Gasteiger partial charge in [-0.25, -0.2) is 8.78 Å². The normalized spacial score (nSPS) is 14.5. The lowest BCUT2D eigenvalue weighted by Crippen LogP contribution is -2.49. The number of halogens is 2. The Morgan fingerprint density at radius 3 is 2.57 bits per heavy atom. The summed E-state index contributed by atoms with van der Waals surface area (Å²) in [6.45, 7) is 2.65. The molecule has 28 heavy (non-hydrogen) atoms. The molecule has 4 rings (SSSR count). The summed E-state index contributed by atoms with van der Waals surface area (Å²) in [5.74, 6) is -1.76. The highest BCUT2D eigenvalue weighted by Gasteiger charge is 2.22. The molecular weight excluding hydrogens is 360 g/mol. The Bertz CT molecular complexity index is 995. The van der Waals surface area contributed by atoms with Crippen LogP contribution in [-0.4, -0.2) is 42.0 Å². The van der Waals surface area contributed by atoms with Gasteiger partial charge in [0.15, 0.2) is 11.6 Å². The summed E-state index contributed by atoms with van der Waals surface area (Å²) >= 11 is 0. The van der Waals surface area contributed by atoms with Crippen molar-refractivity contribution in [3.8, 4) is 0 Å². The summed E-state index contributed by atoms with van der Waals surface area (Å²) in [6.07, 6.45) is 4.10. The molecule has 0 N–H and O–H groups in total. The Balaban J connectivity index is 1.37. The monoisotopic (exact) mass is 381 g/mol. The van der Waals surface area contributed by atoms with Crippen LogP contribution in [-0.2, 0) is 11.2 Å². The van der Waals surface area contributed by atoms with Gasteiger partial charge in [0.05, 0.1) is 11.9 Å². The fourth-order valence-electron chi connectivity index (χ4n) is 3.69. The first-order valence-electron chi connectivity index (χ1n) is 9.42. The molecule has 6 heteroatoms. The van der Waals surface area contributed by atoms with Crippen molar-refractivity contribution in [1.82, 2.24) is 9.88 Å². The van der Waals surface area contributed by atoms with Gasteiger partial charge >= 0.3 is 0 Å². The summed E-state index contributed by atoms with van der Waals surface area (Å²) in [4.78, 5) is 20.9. The number of pyridine rings is 1. The van der Waals surface area contributed by atoms with Gasteiger partial charge in [-0.05, 0) is 18.1 Å². The van der Waals surface area contributed by atoms with Crippen LogP contribution >= 0.6 is 0 Å². The molecule has 1 amide bonds. The number of carbonyl (C=O) groups excluding carboxylic acids is 1. The molecule has 1 saturated heterocycles. The first-order valence-corrected chi connectivity index (χ1v) is 9.42. The lowest BCUT2D eigenvalue weighted by molar-refractivity contribution is -0.131. The third kappa shape index (κ3) is 3.67. The minimum atomic E-state index is -0.873. The SMILES string of the molecule is O=C(CCc1cccc(F)c1F)N1CCN(c2cncc3ccccc23)CC1. The molecule has 0 unspecified atom stereocenters. The van der Waals surface area contributed by atoms with Crippen molar-refractivity contribution in [3.05, 3.63) is 72.1 Å². The van der Waals surface area contributed by atoms with Crippen LogP contribution in [0.2, 0.25) is 0 Å². The van der Waals surface area contributed by atoms with Crippen molar-refractivity contribution in [1.29, 1.82) is 0 Å². The van der Waals surface area contributed by atoms with Crippen molar-refractivity contribution in [2.24, 2.45) is 0 Å². The number of rotatable bonds is 4. The third-order valence-corrected chi connectivity index (χ3v) is 5.26. The van der Waals surface area contributed by atoms with Gasteiger partial charge < -0.3 is 9.80 Å². The van der Waals surface area contributed by atoms with Crippen molar-refractivity contribution in [2.45, 2.75) is 12.8 Å². The lowest BCUT2D eigenvalue weighted by Gasteiger charge is -2.36. The van der Waals surface area contributed by atoms with E-state index in [1.165, 1.54) is 12.1 Å². The first-order chi connectivity index (χ1) is 13.6. The number of piperazine rings is 1. The number of nitrogens with zero attached hydrogens (tertiary/aromatic N) is 3. The van der Waals surface area contributed by atoms with Crippen molar-refractivity contribution in [2.75, 3.05) is 31.1 Å². The minimum absolute atomic E-state index is 0.0284. The summed E-state index contributed by atoms with van der Waals surface area (Å²) in [7, 11) is 0. The number of amides is 1. The number of carbonyl (C=O) groups is 1. The van der Waals surface area contributed by atoms with Crippen molar-refractivity contribution < 1.29 is 13.6 Å². The zero-order valence-electron chi connectivity index (χ0n) is 15.4. The summed E-state index contributed by atoms with van der Waals surface area (Å²) < 4.78 is 27.0. The fraction of sp³-hybridized carbons (Fsp3) is 0.273. The highest BCUT2D eigenvalue weighted by atomic mass is 19.2. The molecule has 4 nitrogen and oxygen atoms in total. The van der Waals surface area contributed by atoms with Crippen LogP contribution in [0.1, 0.15) is 12.0 Å². The van der Waals surface area contributed by atoms with Crippen LogP contribution < -0.4 is 4.90 Å². The number of aryl methyl sites for hydroxylation is 1. The van der Waals surface area contributed by atoms with Gasteiger partial charge in [0.2, 0.25) is 5.91 Å². The zero-order chi connectivity index (χ0) is 19.5. The zero-order valence-corrected chi connectivity index (χ0v) is 15.4. The quantitative estimate of drug-likeness (QED) is 0.690. The molecule has 0 spiro atoms. The number of hydrogen-bond donors (Lipinski definition) is 0. The minimum Gasteiger partial charge on any atom is -0.366 e. The second-order valence-corrected chi connectivity index (χ2v) is 6.96. The Labute approximate surface area is 162 Å². The van der Waals surface area contributed by atoms with Gasteiger partial charge in [-0.15, -0.1) is 0 Å². The molecule has 0 bridgehead atoms. The third-order valence-electron chi connectivity index (χ3n) is 5.26. The summed E-state index contributed by atoms with van der Waals surface area (Å²) in [6, 6.07) is 12.2. The molecule has 2 heterocycles. The van der Waals surface area contributed by atoms with Crippen molar-refractivity contribution in [3.63, 3.8) is 0 Å². The van der Waals surface area contributed by atoms with Crippen LogP contribution in [0.25, 0.3) is 10.8 Å². The van der Waals surface area contributed by atoms with Crippen LogP contribution in [0.4, 0.5) is 14.5 Å². The number of benzene rings is 2. The van der Waals surface area contributed by atoms with Crippen molar-refractivity contribution >= 4 is 22.4 Å². The molecule has 3 aromatic rings. The molecule has 0 saturated carbocycles. The van der Waals surface area contributed by atoms with E-state index in [-0.39, 0.29) is 24.3 Å². The van der Waals surface area contributed by atoms with Crippen LogP contribution in [0.15, 0.2) is 54.9 Å². The lowest BCUT2D eigenvalue weighted by atomic mass is 10.1. The molecule has 2 aromatic carbocycles. The smallest absolute Gasteiger partial charge is 0.223 e. The predicted octanol–water partition coefficient (Wildman–Crippen LogP) is 3.79. The van der Waals surface area contributed by atoms with Gasteiger partial charge in [-0.1, -0.05) is 36.4 Å². The van der Waals surface area contributed by atoms with E-state index in [1.807, 2.05) is 30.6 Å². The maximum atomic E-state index is 13.7.